The van der Waals surface area contributed by atoms with E-state index in [1.165, 1.54) is 29.5 Å². The first kappa shape index (κ1) is 13.1. The van der Waals surface area contributed by atoms with Crippen LogP contribution in [0.2, 0.25) is 0 Å². The van der Waals surface area contributed by atoms with Crippen molar-refractivity contribution >= 4 is 0 Å². The lowest BCUT2D eigenvalue weighted by atomic mass is 9.68. The zero-order valence-corrected chi connectivity index (χ0v) is 11.8. The zero-order valence-electron chi connectivity index (χ0n) is 11.8. The number of nitrogens with zero attached hydrogens (tertiary/aromatic N) is 1. The molecule has 1 saturated carbocycles. The summed E-state index contributed by atoms with van der Waals surface area (Å²) in [6.45, 7) is 6.64. The minimum Gasteiger partial charge on any atom is -0.198 e. The molecule has 2 rings (SSSR count). The van der Waals surface area contributed by atoms with E-state index in [0.29, 0.717) is 0 Å². The third-order valence-electron chi connectivity index (χ3n) is 4.63. The molecule has 0 atom stereocenters. The first-order valence-electron chi connectivity index (χ1n) is 7.03. The second-order valence-electron chi connectivity index (χ2n) is 6.12. The van der Waals surface area contributed by atoms with Gasteiger partial charge in [-0.2, -0.15) is 5.26 Å². The second-order valence-corrected chi connectivity index (χ2v) is 6.12. The molecule has 0 spiro atoms. The molecular weight excluding hydrogens is 218 g/mol. The Hall–Kier alpha value is -1.29. The first-order valence-corrected chi connectivity index (χ1v) is 7.03. The average Bonchev–Trinajstić information content (AvgIpc) is 2.37. The van der Waals surface area contributed by atoms with Crippen molar-refractivity contribution in [3.8, 4) is 6.07 Å². The standard InChI is InChI=1S/C17H23N/c1-13-7-9-17(12-18,10-8-13)11-16-14(2)5-4-6-15(16)3/h4-6,13H,7-11H2,1-3H3. The molecule has 1 aromatic carbocycles. The second kappa shape index (κ2) is 5.14. The van der Waals surface area contributed by atoms with Crippen molar-refractivity contribution in [1.29, 1.82) is 5.26 Å². The molecule has 1 heteroatoms. The summed E-state index contributed by atoms with van der Waals surface area (Å²) >= 11 is 0. The predicted molar refractivity (Wildman–Crippen MR) is 75.3 cm³/mol. The van der Waals surface area contributed by atoms with Crippen LogP contribution in [0.5, 0.6) is 0 Å². The SMILES string of the molecule is Cc1cccc(C)c1CC1(C#N)CCC(C)CC1. The van der Waals surface area contributed by atoms with E-state index in [4.69, 9.17) is 0 Å². The van der Waals surface area contributed by atoms with Crippen molar-refractivity contribution in [2.45, 2.75) is 52.9 Å². The molecule has 96 valence electrons. The highest BCUT2D eigenvalue weighted by molar-refractivity contribution is 5.35. The van der Waals surface area contributed by atoms with Crippen LogP contribution in [0.25, 0.3) is 0 Å². The van der Waals surface area contributed by atoms with Crippen molar-refractivity contribution < 1.29 is 0 Å². The van der Waals surface area contributed by atoms with Gasteiger partial charge in [0.25, 0.3) is 0 Å². The van der Waals surface area contributed by atoms with E-state index in [2.05, 4.69) is 45.0 Å². The molecule has 1 nitrogen and oxygen atoms in total. The Bertz CT molecular complexity index is 439. The van der Waals surface area contributed by atoms with E-state index in [0.717, 1.165) is 25.2 Å². The van der Waals surface area contributed by atoms with Crippen LogP contribution in [-0.2, 0) is 6.42 Å². The molecule has 0 aliphatic heterocycles. The molecule has 18 heavy (non-hydrogen) atoms. The van der Waals surface area contributed by atoms with Gasteiger partial charge in [0.2, 0.25) is 0 Å². The smallest absolute Gasteiger partial charge is 0.0693 e. The normalized spacial score (nSPS) is 27.8. The highest BCUT2D eigenvalue weighted by Gasteiger charge is 2.35. The van der Waals surface area contributed by atoms with Crippen LogP contribution in [0.3, 0.4) is 0 Å². The van der Waals surface area contributed by atoms with Gasteiger partial charge in [-0.05, 0) is 68.6 Å². The summed E-state index contributed by atoms with van der Waals surface area (Å²) in [7, 11) is 0. The Labute approximate surface area is 111 Å². The molecule has 0 unspecified atom stereocenters. The molecule has 1 aromatic rings. The molecule has 0 bridgehead atoms. The monoisotopic (exact) mass is 241 g/mol. The molecule has 0 saturated heterocycles. The summed E-state index contributed by atoms with van der Waals surface area (Å²) in [5.41, 5.74) is 3.96. The van der Waals surface area contributed by atoms with E-state index in [9.17, 15) is 5.26 Å². The third kappa shape index (κ3) is 2.58. The van der Waals surface area contributed by atoms with Gasteiger partial charge in [0.1, 0.15) is 0 Å². The average molecular weight is 241 g/mol. The number of benzene rings is 1. The minimum absolute atomic E-state index is 0.108. The van der Waals surface area contributed by atoms with Gasteiger partial charge in [-0.1, -0.05) is 25.1 Å². The summed E-state index contributed by atoms with van der Waals surface area (Å²) in [5, 5.41) is 9.62. The van der Waals surface area contributed by atoms with Crippen LogP contribution in [-0.4, -0.2) is 0 Å². The lowest BCUT2D eigenvalue weighted by molar-refractivity contribution is 0.218. The van der Waals surface area contributed by atoms with Gasteiger partial charge in [0, 0.05) is 0 Å². The Balaban J connectivity index is 2.24. The van der Waals surface area contributed by atoms with E-state index < -0.39 is 0 Å². The maximum Gasteiger partial charge on any atom is 0.0693 e. The van der Waals surface area contributed by atoms with E-state index >= 15 is 0 Å². The van der Waals surface area contributed by atoms with Gasteiger partial charge < -0.3 is 0 Å². The van der Waals surface area contributed by atoms with Gasteiger partial charge in [-0.3, -0.25) is 0 Å². The highest BCUT2D eigenvalue weighted by atomic mass is 14.4. The van der Waals surface area contributed by atoms with Crippen molar-refractivity contribution in [3.63, 3.8) is 0 Å². The topological polar surface area (TPSA) is 23.8 Å². The summed E-state index contributed by atoms with van der Waals surface area (Å²) < 4.78 is 0. The third-order valence-corrected chi connectivity index (χ3v) is 4.63. The number of rotatable bonds is 2. The fourth-order valence-electron chi connectivity index (χ4n) is 3.11. The van der Waals surface area contributed by atoms with Crippen molar-refractivity contribution in [3.05, 3.63) is 34.9 Å². The van der Waals surface area contributed by atoms with Crippen LogP contribution >= 0.6 is 0 Å². The van der Waals surface area contributed by atoms with Gasteiger partial charge in [0.15, 0.2) is 0 Å². The van der Waals surface area contributed by atoms with Crippen LogP contribution in [0, 0.1) is 36.5 Å². The lowest BCUT2D eigenvalue weighted by Gasteiger charge is -2.34. The van der Waals surface area contributed by atoms with Crippen LogP contribution in [0.1, 0.15) is 49.3 Å². The Morgan fingerprint density at radius 2 is 1.78 bits per heavy atom. The van der Waals surface area contributed by atoms with Crippen LogP contribution < -0.4 is 0 Å². The van der Waals surface area contributed by atoms with Crippen molar-refractivity contribution in [1.82, 2.24) is 0 Å². The lowest BCUT2D eigenvalue weighted by Crippen LogP contribution is -2.28. The van der Waals surface area contributed by atoms with Crippen LogP contribution in [0.15, 0.2) is 18.2 Å². The molecule has 0 heterocycles. The molecular formula is C17H23N. The summed E-state index contributed by atoms with van der Waals surface area (Å²) in [6, 6.07) is 9.08. The summed E-state index contributed by atoms with van der Waals surface area (Å²) in [5.74, 6) is 0.796. The summed E-state index contributed by atoms with van der Waals surface area (Å²) in [4.78, 5) is 0. The van der Waals surface area contributed by atoms with Crippen molar-refractivity contribution in [2.75, 3.05) is 0 Å². The van der Waals surface area contributed by atoms with E-state index in [1.807, 2.05) is 0 Å². The number of hydrogen-bond donors (Lipinski definition) is 0. The number of aryl methyl sites for hydroxylation is 2. The fraction of sp³-hybridized carbons (Fsp3) is 0.588. The Morgan fingerprint density at radius 3 is 2.28 bits per heavy atom. The fourth-order valence-corrected chi connectivity index (χ4v) is 3.11. The van der Waals surface area contributed by atoms with Gasteiger partial charge in [-0.25, -0.2) is 0 Å². The van der Waals surface area contributed by atoms with Gasteiger partial charge >= 0.3 is 0 Å². The molecule has 0 amide bonds. The van der Waals surface area contributed by atoms with Crippen molar-refractivity contribution in [2.24, 2.45) is 11.3 Å². The highest BCUT2D eigenvalue weighted by Crippen LogP contribution is 2.41. The molecule has 1 fully saturated rings. The van der Waals surface area contributed by atoms with E-state index in [1.54, 1.807) is 0 Å². The largest absolute Gasteiger partial charge is 0.198 e. The van der Waals surface area contributed by atoms with E-state index in [-0.39, 0.29) is 5.41 Å². The Morgan fingerprint density at radius 1 is 1.22 bits per heavy atom. The Kier molecular flexibility index (Phi) is 3.76. The van der Waals surface area contributed by atoms with Gasteiger partial charge in [0.05, 0.1) is 11.5 Å². The number of nitriles is 1. The minimum atomic E-state index is -0.108. The predicted octanol–water partition coefficient (Wildman–Crippen LogP) is 4.57. The molecule has 0 N–H and O–H groups in total. The molecule has 1 aliphatic carbocycles. The quantitative estimate of drug-likeness (QED) is 0.744. The first-order chi connectivity index (χ1) is 8.56. The zero-order chi connectivity index (χ0) is 13.2. The maximum atomic E-state index is 9.62. The maximum absolute atomic E-state index is 9.62. The molecule has 0 radical (unpaired) electrons. The number of hydrogen-bond acceptors (Lipinski definition) is 1. The van der Waals surface area contributed by atoms with Crippen LogP contribution in [0.4, 0.5) is 0 Å². The molecule has 0 aromatic heterocycles. The molecule has 1 aliphatic rings. The van der Waals surface area contributed by atoms with Gasteiger partial charge in [-0.15, -0.1) is 0 Å². The summed E-state index contributed by atoms with van der Waals surface area (Å²) in [6.07, 6.45) is 5.49.